The molecule has 7 heteroatoms. The maximum Gasteiger partial charge on any atom is 0.242 e. The monoisotopic (exact) mass is 315 g/mol. The van der Waals surface area contributed by atoms with Crippen LogP contribution in [-0.4, -0.2) is 46.2 Å². The maximum absolute atomic E-state index is 12.1. The number of hydrogen-bond donors (Lipinski definition) is 0. The molecule has 2 amide bonds. The zero-order chi connectivity index (χ0) is 14.7. The molecule has 2 rings (SSSR count). The summed E-state index contributed by atoms with van der Waals surface area (Å²) in [5, 5.41) is 0.558. The Bertz CT molecular complexity index is 536. The molecule has 1 aliphatic rings. The lowest BCUT2D eigenvalue weighted by atomic mass is 10.2. The summed E-state index contributed by atoms with van der Waals surface area (Å²) < 4.78 is 0. The van der Waals surface area contributed by atoms with Crippen molar-refractivity contribution in [2.45, 2.75) is 19.9 Å². The lowest BCUT2D eigenvalue weighted by Gasteiger charge is -2.33. The first-order valence-electron chi connectivity index (χ1n) is 6.37. The largest absolute Gasteiger partial charge is 0.332 e. The molecule has 0 saturated carbocycles. The van der Waals surface area contributed by atoms with Crippen LogP contribution in [0.15, 0.2) is 12.1 Å². The molecule has 0 aliphatic carbocycles. The standard InChI is InChI=1S/C13H15Cl2N3O2/c1-2-5-17-7-12(20)18(8-11(17)19)6-9-3-4-10(14)16-13(9)15/h3-4H,2,5-8H2,1H3. The van der Waals surface area contributed by atoms with E-state index in [4.69, 9.17) is 23.2 Å². The molecule has 0 atom stereocenters. The molecule has 1 fully saturated rings. The predicted molar refractivity (Wildman–Crippen MR) is 76.5 cm³/mol. The highest BCUT2D eigenvalue weighted by Crippen LogP contribution is 2.19. The summed E-state index contributed by atoms with van der Waals surface area (Å²) in [4.78, 5) is 31.0. The number of piperazine rings is 1. The van der Waals surface area contributed by atoms with Crippen LogP contribution in [-0.2, 0) is 16.1 Å². The lowest BCUT2D eigenvalue weighted by molar-refractivity contribution is -0.150. The zero-order valence-electron chi connectivity index (χ0n) is 11.1. The minimum Gasteiger partial charge on any atom is -0.332 e. The Morgan fingerprint density at radius 1 is 1.15 bits per heavy atom. The van der Waals surface area contributed by atoms with Crippen molar-refractivity contribution >= 4 is 35.0 Å². The summed E-state index contributed by atoms with van der Waals surface area (Å²) in [6.45, 7) is 3.07. The summed E-state index contributed by atoms with van der Waals surface area (Å²) in [5.41, 5.74) is 0.682. The van der Waals surface area contributed by atoms with Crippen LogP contribution < -0.4 is 0 Å². The van der Waals surface area contributed by atoms with E-state index in [9.17, 15) is 9.59 Å². The maximum atomic E-state index is 12.1. The molecule has 0 bridgehead atoms. The van der Waals surface area contributed by atoms with E-state index < -0.39 is 0 Å². The molecule has 1 aromatic rings. The number of hydrogen-bond acceptors (Lipinski definition) is 3. The third-order valence-corrected chi connectivity index (χ3v) is 3.64. The molecule has 0 spiro atoms. The van der Waals surface area contributed by atoms with Gasteiger partial charge in [-0.1, -0.05) is 36.2 Å². The van der Waals surface area contributed by atoms with Crippen molar-refractivity contribution in [3.05, 3.63) is 28.0 Å². The second-order valence-corrected chi connectivity index (χ2v) is 5.39. The van der Waals surface area contributed by atoms with E-state index in [1.165, 1.54) is 4.90 Å². The Balaban J connectivity index is 2.07. The number of amides is 2. The van der Waals surface area contributed by atoms with Gasteiger partial charge in [0.2, 0.25) is 11.8 Å². The molecule has 0 N–H and O–H groups in total. The van der Waals surface area contributed by atoms with Gasteiger partial charge in [-0.2, -0.15) is 0 Å². The van der Waals surface area contributed by atoms with Crippen LogP contribution in [0.3, 0.4) is 0 Å². The molecule has 0 aromatic carbocycles. The minimum atomic E-state index is -0.0796. The fourth-order valence-electron chi connectivity index (χ4n) is 2.09. The van der Waals surface area contributed by atoms with Gasteiger partial charge < -0.3 is 9.80 Å². The van der Waals surface area contributed by atoms with E-state index >= 15 is 0 Å². The molecule has 1 aliphatic heterocycles. The average molecular weight is 316 g/mol. The van der Waals surface area contributed by atoms with Crippen LogP contribution in [0, 0.1) is 0 Å². The van der Waals surface area contributed by atoms with Gasteiger partial charge in [0.05, 0.1) is 6.54 Å². The molecule has 2 heterocycles. The van der Waals surface area contributed by atoms with Crippen molar-refractivity contribution in [2.24, 2.45) is 0 Å². The number of nitrogens with zero attached hydrogens (tertiary/aromatic N) is 3. The Kier molecular flexibility index (Phi) is 4.83. The van der Waals surface area contributed by atoms with Gasteiger partial charge >= 0.3 is 0 Å². The van der Waals surface area contributed by atoms with Gasteiger partial charge in [-0.05, 0) is 12.5 Å². The predicted octanol–water partition coefficient (Wildman–Crippen LogP) is 1.97. The zero-order valence-corrected chi connectivity index (χ0v) is 12.6. The van der Waals surface area contributed by atoms with E-state index in [0.717, 1.165) is 6.42 Å². The Morgan fingerprint density at radius 2 is 1.80 bits per heavy atom. The number of carbonyl (C=O) groups excluding carboxylic acids is 2. The van der Waals surface area contributed by atoms with Crippen molar-refractivity contribution in [2.75, 3.05) is 19.6 Å². The van der Waals surface area contributed by atoms with Gasteiger partial charge in [-0.25, -0.2) is 4.98 Å². The molecule has 5 nitrogen and oxygen atoms in total. The fourth-order valence-corrected chi connectivity index (χ4v) is 2.49. The molecule has 0 unspecified atom stereocenters. The van der Waals surface area contributed by atoms with Crippen molar-refractivity contribution in [3.63, 3.8) is 0 Å². The van der Waals surface area contributed by atoms with Crippen molar-refractivity contribution in [1.29, 1.82) is 0 Å². The third-order valence-electron chi connectivity index (χ3n) is 3.10. The van der Waals surface area contributed by atoms with E-state index in [1.807, 2.05) is 6.92 Å². The van der Waals surface area contributed by atoms with Gasteiger partial charge in [-0.3, -0.25) is 9.59 Å². The smallest absolute Gasteiger partial charge is 0.242 e. The number of carbonyl (C=O) groups is 2. The highest BCUT2D eigenvalue weighted by atomic mass is 35.5. The summed E-state index contributed by atoms with van der Waals surface area (Å²) >= 11 is 11.7. The number of halogens is 2. The van der Waals surface area contributed by atoms with Crippen molar-refractivity contribution in [1.82, 2.24) is 14.8 Å². The summed E-state index contributed by atoms with van der Waals surface area (Å²) in [6.07, 6.45) is 0.839. The third kappa shape index (κ3) is 3.41. The normalized spacial score (nSPS) is 15.9. The van der Waals surface area contributed by atoms with Crippen LogP contribution in [0.5, 0.6) is 0 Å². The summed E-state index contributed by atoms with van der Waals surface area (Å²) in [5.74, 6) is -0.117. The quantitative estimate of drug-likeness (QED) is 0.798. The topological polar surface area (TPSA) is 53.5 Å². The summed E-state index contributed by atoms with van der Waals surface area (Å²) in [7, 11) is 0. The van der Waals surface area contributed by atoms with E-state index in [1.54, 1.807) is 17.0 Å². The Morgan fingerprint density at radius 3 is 2.45 bits per heavy atom. The first-order valence-corrected chi connectivity index (χ1v) is 7.13. The molecule has 0 radical (unpaired) electrons. The molecular weight excluding hydrogens is 301 g/mol. The van der Waals surface area contributed by atoms with Crippen molar-refractivity contribution in [3.8, 4) is 0 Å². The van der Waals surface area contributed by atoms with E-state index in [0.29, 0.717) is 17.3 Å². The molecular formula is C13H15Cl2N3O2. The molecule has 20 heavy (non-hydrogen) atoms. The second kappa shape index (κ2) is 6.41. The first-order chi connectivity index (χ1) is 9.51. The highest BCUT2D eigenvalue weighted by Gasteiger charge is 2.29. The first kappa shape index (κ1) is 15.1. The molecule has 1 aromatic heterocycles. The van der Waals surface area contributed by atoms with Gasteiger partial charge in [0, 0.05) is 18.7 Å². The van der Waals surface area contributed by atoms with Gasteiger partial charge in [0.25, 0.3) is 0 Å². The van der Waals surface area contributed by atoms with Gasteiger partial charge in [-0.15, -0.1) is 0 Å². The van der Waals surface area contributed by atoms with Crippen LogP contribution in [0.25, 0.3) is 0 Å². The minimum absolute atomic E-state index is 0.0375. The molecule has 1 saturated heterocycles. The average Bonchev–Trinajstić information content (AvgIpc) is 2.38. The number of rotatable bonds is 4. The Hall–Kier alpha value is -1.33. The van der Waals surface area contributed by atoms with Crippen LogP contribution >= 0.6 is 23.2 Å². The fraction of sp³-hybridized carbons (Fsp3) is 0.462. The van der Waals surface area contributed by atoms with E-state index in [2.05, 4.69) is 4.98 Å². The second-order valence-electron chi connectivity index (χ2n) is 4.65. The van der Waals surface area contributed by atoms with Crippen molar-refractivity contribution < 1.29 is 9.59 Å². The summed E-state index contributed by atoms with van der Waals surface area (Å²) in [6, 6.07) is 3.33. The number of aromatic nitrogens is 1. The highest BCUT2D eigenvalue weighted by molar-refractivity contribution is 6.32. The van der Waals surface area contributed by atoms with Crippen LogP contribution in [0.4, 0.5) is 0 Å². The lowest BCUT2D eigenvalue weighted by Crippen LogP contribution is -2.53. The van der Waals surface area contributed by atoms with Crippen LogP contribution in [0.2, 0.25) is 10.3 Å². The van der Waals surface area contributed by atoms with E-state index in [-0.39, 0.29) is 36.6 Å². The van der Waals surface area contributed by atoms with Gasteiger partial charge in [0.15, 0.2) is 0 Å². The Labute approximate surface area is 127 Å². The van der Waals surface area contributed by atoms with Gasteiger partial charge in [0.1, 0.15) is 16.9 Å². The van der Waals surface area contributed by atoms with Crippen LogP contribution in [0.1, 0.15) is 18.9 Å². The SMILES string of the molecule is CCCN1CC(=O)N(Cc2ccc(Cl)nc2Cl)CC1=O. The molecule has 108 valence electrons. The number of pyridine rings is 1.